The van der Waals surface area contributed by atoms with Crippen LogP contribution in [0.3, 0.4) is 0 Å². The highest BCUT2D eigenvalue weighted by Crippen LogP contribution is 2.24. The van der Waals surface area contributed by atoms with E-state index in [1.165, 1.54) is 0 Å². The maximum absolute atomic E-state index is 5.78. The predicted octanol–water partition coefficient (Wildman–Crippen LogP) is 1.12. The number of hydrogen-bond donors (Lipinski definition) is 0. The van der Waals surface area contributed by atoms with E-state index in [1.807, 2.05) is 0 Å². The summed E-state index contributed by atoms with van der Waals surface area (Å²) >= 11 is 0. The van der Waals surface area contributed by atoms with E-state index in [1.54, 1.807) is 14.2 Å². The van der Waals surface area contributed by atoms with Crippen LogP contribution in [-0.4, -0.2) is 79.8 Å². The number of ether oxygens (including phenoxy) is 6. The first-order valence-corrected chi connectivity index (χ1v) is 7.59. The van der Waals surface area contributed by atoms with Gasteiger partial charge in [-0.1, -0.05) is 6.92 Å². The number of rotatable bonds is 15. The summed E-state index contributed by atoms with van der Waals surface area (Å²) in [5.41, 5.74) is -0.129. The Hall–Kier alpha value is -0.240. The van der Waals surface area contributed by atoms with Crippen molar-refractivity contribution in [2.24, 2.45) is 5.41 Å². The highest BCUT2D eigenvalue weighted by atomic mass is 16.6. The Kier molecular flexibility index (Phi) is 10.2. The maximum atomic E-state index is 5.78. The van der Waals surface area contributed by atoms with Gasteiger partial charge >= 0.3 is 0 Å². The molecular formula is C15H30O6. The summed E-state index contributed by atoms with van der Waals surface area (Å²) in [5.74, 6) is 0. The molecule has 0 aromatic carbocycles. The fourth-order valence-corrected chi connectivity index (χ4v) is 1.86. The third-order valence-electron chi connectivity index (χ3n) is 3.54. The van der Waals surface area contributed by atoms with Crippen LogP contribution in [0.25, 0.3) is 0 Å². The van der Waals surface area contributed by atoms with E-state index in [-0.39, 0.29) is 11.5 Å². The SMILES string of the molecule is CCC(COCCOC)(COCCOC)COCC1CO1. The van der Waals surface area contributed by atoms with E-state index in [4.69, 9.17) is 28.4 Å². The van der Waals surface area contributed by atoms with Gasteiger partial charge in [0.15, 0.2) is 0 Å². The summed E-state index contributed by atoms with van der Waals surface area (Å²) in [6.07, 6.45) is 1.21. The van der Waals surface area contributed by atoms with E-state index in [9.17, 15) is 0 Å². The summed E-state index contributed by atoms with van der Waals surface area (Å²) in [4.78, 5) is 0. The van der Waals surface area contributed by atoms with Gasteiger partial charge < -0.3 is 28.4 Å². The number of epoxide rings is 1. The molecule has 1 heterocycles. The minimum absolute atomic E-state index is 0.129. The van der Waals surface area contributed by atoms with Crippen molar-refractivity contribution in [1.82, 2.24) is 0 Å². The molecule has 0 aromatic heterocycles. The number of hydrogen-bond acceptors (Lipinski definition) is 6. The molecular weight excluding hydrogens is 276 g/mol. The number of methoxy groups -OCH3 is 2. The van der Waals surface area contributed by atoms with Gasteiger partial charge in [-0.15, -0.1) is 0 Å². The molecule has 1 aliphatic rings. The van der Waals surface area contributed by atoms with Gasteiger partial charge in [0.05, 0.1) is 59.5 Å². The molecule has 0 spiro atoms. The normalized spacial score (nSPS) is 18.1. The standard InChI is InChI=1S/C15H30O6/c1-4-15(11-18-7-5-16-2,12-19-8-6-17-3)13-20-9-14-10-21-14/h14H,4-13H2,1-3H3. The first-order chi connectivity index (χ1) is 10.3. The van der Waals surface area contributed by atoms with Crippen molar-refractivity contribution in [1.29, 1.82) is 0 Å². The van der Waals surface area contributed by atoms with Gasteiger partial charge in [-0.2, -0.15) is 0 Å². The molecule has 1 aliphatic heterocycles. The van der Waals surface area contributed by atoms with E-state index in [0.29, 0.717) is 52.9 Å². The Morgan fingerprint density at radius 3 is 1.86 bits per heavy atom. The minimum Gasteiger partial charge on any atom is -0.382 e. The first kappa shape index (κ1) is 18.8. The molecule has 1 atom stereocenters. The minimum atomic E-state index is -0.129. The molecule has 1 fully saturated rings. The lowest BCUT2D eigenvalue weighted by Gasteiger charge is -2.32. The van der Waals surface area contributed by atoms with Crippen molar-refractivity contribution < 1.29 is 28.4 Å². The van der Waals surface area contributed by atoms with Crippen LogP contribution < -0.4 is 0 Å². The molecule has 0 aliphatic carbocycles. The first-order valence-electron chi connectivity index (χ1n) is 7.59. The summed E-state index contributed by atoms with van der Waals surface area (Å²) in [5, 5.41) is 0. The topological polar surface area (TPSA) is 58.7 Å². The van der Waals surface area contributed by atoms with Crippen LogP contribution in [0.15, 0.2) is 0 Å². The van der Waals surface area contributed by atoms with Crippen LogP contribution in [0.5, 0.6) is 0 Å². The van der Waals surface area contributed by atoms with Crippen molar-refractivity contribution in [3.63, 3.8) is 0 Å². The highest BCUT2D eigenvalue weighted by Gasteiger charge is 2.31. The zero-order chi connectivity index (χ0) is 15.4. The summed E-state index contributed by atoms with van der Waals surface area (Å²) in [7, 11) is 3.34. The maximum Gasteiger partial charge on any atom is 0.104 e. The van der Waals surface area contributed by atoms with Gasteiger partial charge in [0.1, 0.15) is 6.10 Å². The smallest absolute Gasteiger partial charge is 0.104 e. The molecule has 1 unspecified atom stereocenters. The van der Waals surface area contributed by atoms with Crippen molar-refractivity contribution in [3.05, 3.63) is 0 Å². The Labute approximate surface area is 128 Å². The van der Waals surface area contributed by atoms with Gasteiger partial charge in [0.25, 0.3) is 0 Å². The zero-order valence-electron chi connectivity index (χ0n) is 13.6. The third-order valence-corrected chi connectivity index (χ3v) is 3.54. The summed E-state index contributed by atoms with van der Waals surface area (Å²) in [6, 6.07) is 0. The zero-order valence-corrected chi connectivity index (χ0v) is 13.6. The monoisotopic (exact) mass is 306 g/mol. The molecule has 1 rings (SSSR count). The second kappa shape index (κ2) is 11.3. The second-order valence-electron chi connectivity index (χ2n) is 5.41. The molecule has 6 nitrogen and oxygen atoms in total. The quantitative estimate of drug-likeness (QED) is 0.334. The van der Waals surface area contributed by atoms with Crippen LogP contribution in [0.1, 0.15) is 13.3 Å². The molecule has 1 saturated heterocycles. The fourth-order valence-electron chi connectivity index (χ4n) is 1.86. The Morgan fingerprint density at radius 1 is 0.905 bits per heavy atom. The third kappa shape index (κ3) is 8.70. The van der Waals surface area contributed by atoms with Crippen molar-refractivity contribution in [2.45, 2.75) is 19.4 Å². The fraction of sp³-hybridized carbons (Fsp3) is 1.00. The van der Waals surface area contributed by atoms with E-state index >= 15 is 0 Å². The van der Waals surface area contributed by atoms with Gasteiger partial charge in [-0.05, 0) is 6.42 Å². The molecule has 0 saturated carbocycles. The average molecular weight is 306 g/mol. The van der Waals surface area contributed by atoms with Crippen LogP contribution in [0.2, 0.25) is 0 Å². The molecule has 126 valence electrons. The van der Waals surface area contributed by atoms with Gasteiger partial charge in [0, 0.05) is 19.6 Å². The van der Waals surface area contributed by atoms with Crippen LogP contribution in [0, 0.1) is 5.41 Å². The van der Waals surface area contributed by atoms with Crippen molar-refractivity contribution >= 4 is 0 Å². The molecule has 6 heteroatoms. The molecule has 0 radical (unpaired) electrons. The summed E-state index contributed by atoms with van der Waals surface area (Å²) < 4.78 is 32.4. The van der Waals surface area contributed by atoms with Crippen molar-refractivity contribution in [2.75, 3.05) is 73.7 Å². The molecule has 0 amide bonds. The lowest BCUT2D eigenvalue weighted by Crippen LogP contribution is -2.38. The van der Waals surface area contributed by atoms with E-state index < -0.39 is 0 Å². The molecule has 0 N–H and O–H groups in total. The predicted molar refractivity (Wildman–Crippen MR) is 78.7 cm³/mol. The van der Waals surface area contributed by atoms with Gasteiger partial charge in [-0.25, -0.2) is 0 Å². The second-order valence-corrected chi connectivity index (χ2v) is 5.41. The Balaban J connectivity index is 2.33. The van der Waals surface area contributed by atoms with Gasteiger partial charge in [-0.3, -0.25) is 0 Å². The van der Waals surface area contributed by atoms with Crippen LogP contribution in [-0.2, 0) is 28.4 Å². The van der Waals surface area contributed by atoms with Crippen LogP contribution in [0.4, 0.5) is 0 Å². The molecule has 21 heavy (non-hydrogen) atoms. The lowest BCUT2D eigenvalue weighted by molar-refractivity contribution is -0.0824. The van der Waals surface area contributed by atoms with E-state index in [0.717, 1.165) is 13.0 Å². The van der Waals surface area contributed by atoms with Crippen molar-refractivity contribution in [3.8, 4) is 0 Å². The largest absolute Gasteiger partial charge is 0.382 e. The lowest BCUT2D eigenvalue weighted by atomic mass is 9.88. The van der Waals surface area contributed by atoms with E-state index in [2.05, 4.69) is 6.92 Å². The Bertz CT molecular complexity index is 232. The average Bonchev–Trinajstić information content (AvgIpc) is 3.31. The Morgan fingerprint density at radius 2 is 1.43 bits per heavy atom. The highest BCUT2D eigenvalue weighted by molar-refractivity contribution is 4.78. The molecule has 0 aromatic rings. The van der Waals surface area contributed by atoms with Gasteiger partial charge in [0.2, 0.25) is 0 Å². The van der Waals surface area contributed by atoms with Crippen LogP contribution >= 0.6 is 0 Å². The molecule has 0 bridgehead atoms. The summed E-state index contributed by atoms with van der Waals surface area (Å²) in [6.45, 7) is 7.79.